The summed E-state index contributed by atoms with van der Waals surface area (Å²) in [5.41, 5.74) is 0.646. The van der Waals surface area contributed by atoms with Gasteiger partial charge in [0.05, 0.1) is 18.3 Å². The van der Waals surface area contributed by atoms with E-state index in [2.05, 4.69) is 5.32 Å². The fourth-order valence-electron chi connectivity index (χ4n) is 2.62. The number of aryl methyl sites for hydroxylation is 1. The zero-order chi connectivity index (χ0) is 19.9. The molecular weight excluding hydrogens is 333 g/mol. The Morgan fingerprint density at radius 2 is 1.65 bits per heavy atom. The first kappa shape index (κ1) is 20.6. The molecule has 1 aromatic rings. The van der Waals surface area contributed by atoms with Gasteiger partial charge >= 0.3 is 13.2 Å². The van der Waals surface area contributed by atoms with E-state index in [0.29, 0.717) is 11.4 Å². The van der Waals surface area contributed by atoms with Crippen molar-refractivity contribution < 1.29 is 23.6 Å². The second-order valence-electron chi connectivity index (χ2n) is 8.62. The lowest BCUT2D eigenvalue weighted by Crippen LogP contribution is -2.41. The Morgan fingerprint density at radius 3 is 2.12 bits per heavy atom. The van der Waals surface area contributed by atoms with Gasteiger partial charge in [-0.3, -0.25) is 5.32 Å². The minimum atomic E-state index is -0.602. The number of methoxy groups -OCH3 is 1. The summed E-state index contributed by atoms with van der Waals surface area (Å²) in [5.74, 6) is 0.663. The van der Waals surface area contributed by atoms with Crippen LogP contribution in [-0.2, 0) is 14.0 Å². The number of carbonyl (C=O) groups is 1. The first-order valence-corrected chi connectivity index (χ1v) is 8.80. The normalized spacial score (nSPS) is 18.6. The summed E-state index contributed by atoms with van der Waals surface area (Å²) in [6, 6.07) is 3.67. The first-order chi connectivity index (χ1) is 11.8. The van der Waals surface area contributed by atoms with Gasteiger partial charge in [-0.2, -0.15) is 0 Å². The van der Waals surface area contributed by atoms with Crippen LogP contribution in [0, 0.1) is 6.92 Å². The predicted octanol–water partition coefficient (Wildman–Crippen LogP) is 3.65. The van der Waals surface area contributed by atoms with Gasteiger partial charge in [0.15, 0.2) is 0 Å². The molecule has 1 aliphatic heterocycles. The molecule has 0 aromatic heterocycles. The van der Waals surface area contributed by atoms with Crippen molar-refractivity contribution in [2.24, 2.45) is 0 Å². The second-order valence-corrected chi connectivity index (χ2v) is 8.62. The van der Waals surface area contributed by atoms with Gasteiger partial charge in [-0.05, 0) is 61.0 Å². The lowest BCUT2D eigenvalue weighted by molar-refractivity contribution is 0.00578. The topological polar surface area (TPSA) is 66.0 Å². The van der Waals surface area contributed by atoms with Gasteiger partial charge in [0, 0.05) is 17.2 Å². The Morgan fingerprint density at radius 1 is 1.12 bits per heavy atom. The Kier molecular flexibility index (Phi) is 5.37. The molecule has 0 aliphatic carbocycles. The highest BCUT2D eigenvalue weighted by Gasteiger charge is 2.52. The van der Waals surface area contributed by atoms with E-state index in [0.717, 1.165) is 11.0 Å². The standard InChI is InChI=1S/C19H30BNO5/c1-12-10-13(20-25-18(5,6)19(7,8)26-20)14(11-15(12)23-9)21-16(22)24-17(2,3)4/h10-11H,1-9H3,(H,21,22). The molecular formula is C19H30BNO5. The number of rotatable bonds is 3. The SMILES string of the molecule is COc1cc(NC(=O)OC(C)(C)C)c(B2OC(C)(C)C(C)(C)O2)cc1C. The van der Waals surface area contributed by atoms with Gasteiger partial charge in [-0.1, -0.05) is 6.07 Å². The van der Waals surface area contributed by atoms with Crippen molar-refractivity contribution in [3.63, 3.8) is 0 Å². The largest absolute Gasteiger partial charge is 0.496 e. The number of amides is 1. The van der Waals surface area contributed by atoms with E-state index in [-0.39, 0.29) is 0 Å². The molecule has 1 amide bonds. The molecule has 7 heteroatoms. The fourth-order valence-corrected chi connectivity index (χ4v) is 2.62. The first-order valence-electron chi connectivity index (χ1n) is 8.80. The molecule has 0 atom stereocenters. The minimum Gasteiger partial charge on any atom is -0.496 e. The quantitative estimate of drug-likeness (QED) is 0.831. The molecule has 2 rings (SSSR count). The Bertz CT molecular complexity index is 678. The Balaban J connectivity index is 2.39. The predicted molar refractivity (Wildman–Crippen MR) is 103 cm³/mol. The monoisotopic (exact) mass is 363 g/mol. The van der Waals surface area contributed by atoms with Crippen LogP contribution in [0.1, 0.15) is 54.0 Å². The molecule has 1 N–H and O–H groups in total. The summed E-state index contributed by atoms with van der Waals surface area (Å²) in [7, 11) is 0.989. The second kappa shape index (κ2) is 6.78. The van der Waals surface area contributed by atoms with E-state index in [1.807, 2.05) is 61.5 Å². The molecule has 1 fully saturated rings. The molecule has 0 spiro atoms. The van der Waals surface area contributed by atoms with Crippen molar-refractivity contribution in [2.45, 2.75) is 72.2 Å². The van der Waals surface area contributed by atoms with Crippen molar-refractivity contribution in [2.75, 3.05) is 12.4 Å². The number of hydrogen-bond donors (Lipinski definition) is 1. The maximum Gasteiger partial charge on any atom is 0.496 e. The average Bonchev–Trinajstić information content (AvgIpc) is 2.66. The third-order valence-corrected chi connectivity index (χ3v) is 4.71. The van der Waals surface area contributed by atoms with Gasteiger partial charge in [-0.15, -0.1) is 0 Å². The van der Waals surface area contributed by atoms with E-state index >= 15 is 0 Å². The molecule has 0 unspecified atom stereocenters. The van der Waals surface area contributed by atoms with Crippen LogP contribution in [0.4, 0.5) is 10.5 Å². The average molecular weight is 363 g/mol. The maximum absolute atomic E-state index is 12.3. The summed E-state index contributed by atoms with van der Waals surface area (Å²) in [6.45, 7) is 15.3. The molecule has 0 bridgehead atoms. The molecule has 1 aliphatic rings. The fraction of sp³-hybridized carbons (Fsp3) is 0.632. The van der Waals surface area contributed by atoms with Crippen LogP contribution in [-0.4, -0.2) is 37.1 Å². The zero-order valence-electron chi connectivity index (χ0n) is 17.3. The van der Waals surface area contributed by atoms with E-state index < -0.39 is 30.0 Å². The van der Waals surface area contributed by atoms with Crippen LogP contribution in [0.5, 0.6) is 5.75 Å². The van der Waals surface area contributed by atoms with Crippen LogP contribution >= 0.6 is 0 Å². The molecule has 0 saturated carbocycles. The van der Waals surface area contributed by atoms with Gasteiger partial charge in [0.1, 0.15) is 11.4 Å². The van der Waals surface area contributed by atoms with Crippen LogP contribution in [0.25, 0.3) is 0 Å². The molecule has 6 nitrogen and oxygen atoms in total. The van der Waals surface area contributed by atoms with Crippen molar-refractivity contribution in [3.8, 4) is 5.75 Å². The number of ether oxygens (including phenoxy) is 2. The number of benzene rings is 1. The molecule has 1 saturated heterocycles. The Hall–Kier alpha value is -1.73. The summed E-state index contributed by atoms with van der Waals surface area (Å²) < 4.78 is 23.1. The van der Waals surface area contributed by atoms with Gasteiger partial charge in [0.2, 0.25) is 0 Å². The van der Waals surface area contributed by atoms with Crippen molar-refractivity contribution in [3.05, 3.63) is 17.7 Å². The number of anilines is 1. The van der Waals surface area contributed by atoms with Crippen LogP contribution < -0.4 is 15.5 Å². The number of carbonyl (C=O) groups excluding carboxylic acids is 1. The van der Waals surface area contributed by atoms with E-state index in [1.165, 1.54) is 0 Å². The van der Waals surface area contributed by atoms with E-state index in [4.69, 9.17) is 18.8 Å². The molecule has 0 radical (unpaired) electrons. The number of nitrogens with one attached hydrogen (secondary N) is 1. The van der Waals surface area contributed by atoms with Gasteiger partial charge in [0.25, 0.3) is 0 Å². The van der Waals surface area contributed by atoms with Crippen LogP contribution in [0.2, 0.25) is 0 Å². The summed E-state index contributed by atoms with van der Waals surface area (Å²) in [4.78, 5) is 12.3. The van der Waals surface area contributed by atoms with Crippen molar-refractivity contribution >= 4 is 24.4 Å². The summed E-state index contributed by atoms with van der Waals surface area (Å²) >= 11 is 0. The minimum absolute atomic E-state index is 0.477. The van der Waals surface area contributed by atoms with Gasteiger partial charge in [-0.25, -0.2) is 4.79 Å². The number of hydrogen-bond acceptors (Lipinski definition) is 5. The maximum atomic E-state index is 12.3. The smallest absolute Gasteiger partial charge is 0.496 e. The molecule has 26 heavy (non-hydrogen) atoms. The summed E-state index contributed by atoms with van der Waals surface area (Å²) in [5, 5.41) is 2.80. The highest BCUT2D eigenvalue weighted by molar-refractivity contribution is 6.64. The van der Waals surface area contributed by atoms with Crippen molar-refractivity contribution in [1.82, 2.24) is 0 Å². The molecule has 144 valence electrons. The third-order valence-electron chi connectivity index (χ3n) is 4.71. The van der Waals surface area contributed by atoms with E-state index in [1.54, 1.807) is 13.2 Å². The van der Waals surface area contributed by atoms with Crippen LogP contribution in [0.15, 0.2) is 12.1 Å². The Labute approximate surface area is 156 Å². The van der Waals surface area contributed by atoms with E-state index in [9.17, 15) is 4.79 Å². The third kappa shape index (κ3) is 4.33. The lowest BCUT2D eigenvalue weighted by atomic mass is 9.77. The highest BCUT2D eigenvalue weighted by atomic mass is 16.7. The van der Waals surface area contributed by atoms with Crippen LogP contribution in [0.3, 0.4) is 0 Å². The lowest BCUT2D eigenvalue weighted by Gasteiger charge is -2.32. The molecule has 1 aromatic carbocycles. The highest BCUT2D eigenvalue weighted by Crippen LogP contribution is 2.37. The molecule has 1 heterocycles. The summed E-state index contributed by atoms with van der Waals surface area (Å²) in [6.07, 6.45) is -0.541. The zero-order valence-corrected chi connectivity index (χ0v) is 17.3. The van der Waals surface area contributed by atoms with Crippen molar-refractivity contribution in [1.29, 1.82) is 0 Å². The van der Waals surface area contributed by atoms with Gasteiger partial charge < -0.3 is 18.8 Å².